The summed E-state index contributed by atoms with van der Waals surface area (Å²) in [7, 11) is 0. The van der Waals surface area contributed by atoms with Crippen LogP contribution in [-0.2, 0) is 11.3 Å². The molecule has 3 nitrogen and oxygen atoms in total. The summed E-state index contributed by atoms with van der Waals surface area (Å²) in [5, 5.41) is 11.9. The number of nitrogens with one attached hydrogen (secondary N) is 1. The molecule has 0 radical (unpaired) electrons. The molecule has 0 spiro atoms. The van der Waals surface area contributed by atoms with Gasteiger partial charge in [-0.15, -0.1) is 0 Å². The average molecular weight is 241 g/mol. The Balaban J connectivity index is 2.07. The Bertz CT molecular complexity index is 444. The summed E-state index contributed by atoms with van der Waals surface area (Å²) in [5.41, 5.74) is -0.809. The van der Waals surface area contributed by atoms with Gasteiger partial charge in [0.1, 0.15) is 5.54 Å². The van der Waals surface area contributed by atoms with E-state index in [1.807, 2.05) is 0 Å². The van der Waals surface area contributed by atoms with Crippen LogP contribution in [0.5, 0.6) is 0 Å². The fourth-order valence-electron chi connectivity index (χ4n) is 1.95. The monoisotopic (exact) mass is 241 g/mol. The van der Waals surface area contributed by atoms with Gasteiger partial charge in [0.2, 0.25) is 0 Å². The predicted octanol–water partition coefficient (Wildman–Crippen LogP) is 2.06. The van der Waals surface area contributed by atoms with Crippen LogP contribution in [0.4, 0.5) is 8.78 Å². The van der Waals surface area contributed by atoms with Crippen LogP contribution >= 0.6 is 0 Å². The quantitative estimate of drug-likeness (QED) is 0.848. The van der Waals surface area contributed by atoms with Crippen molar-refractivity contribution < 1.29 is 18.7 Å². The number of carboxylic acids is 1. The van der Waals surface area contributed by atoms with Crippen molar-refractivity contribution in [2.24, 2.45) is 0 Å². The van der Waals surface area contributed by atoms with Gasteiger partial charge < -0.3 is 5.11 Å². The topological polar surface area (TPSA) is 49.3 Å². The maximum Gasteiger partial charge on any atom is 0.323 e. The lowest BCUT2D eigenvalue weighted by molar-refractivity contribution is -0.148. The van der Waals surface area contributed by atoms with Crippen molar-refractivity contribution >= 4 is 5.97 Å². The number of benzene rings is 1. The van der Waals surface area contributed by atoms with E-state index in [9.17, 15) is 13.6 Å². The van der Waals surface area contributed by atoms with Crippen molar-refractivity contribution in [3.63, 3.8) is 0 Å². The number of carboxylic acid groups (broad SMARTS) is 1. The lowest BCUT2D eigenvalue weighted by atomic mass is 9.76. The summed E-state index contributed by atoms with van der Waals surface area (Å²) in [4.78, 5) is 11.0. The molecule has 1 fully saturated rings. The molecule has 1 aromatic rings. The Morgan fingerprint density at radius 1 is 1.41 bits per heavy atom. The zero-order valence-corrected chi connectivity index (χ0v) is 9.17. The Morgan fingerprint density at radius 2 is 2.12 bits per heavy atom. The zero-order valence-electron chi connectivity index (χ0n) is 9.17. The minimum atomic E-state index is -0.960. The molecule has 1 aliphatic carbocycles. The molecule has 1 aliphatic rings. The number of rotatable bonds is 4. The highest BCUT2D eigenvalue weighted by atomic mass is 19.2. The van der Waals surface area contributed by atoms with E-state index in [0.29, 0.717) is 12.8 Å². The first-order chi connectivity index (χ1) is 8.05. The molecule has 17 heavy (non-hydrogen) atoms. The molecule has 0 aromatic heterocycles. The fourth-order valence-corrected chi connectivity index (χ4v) is 1.95. The predicted molar refractivity (Wildman–Crippen MR) is 57.4 cm³/mol. The Kier molecular flexibility index (Phi) is 3.11. The molecule has 92 valence electrons. The molecule has 0 aliphatic heterocycles. The molecule has 0 bridgehead atoms. The molecule has 1 saturated carbocycles. The third-order valence-electron chi connectivity index (χ3n) is 3.27. The summed E-state index contributed by atoms with van der Waals surface area (Å²) < 4.78 is 26.3. The molecule has 1 aromatic carbocycles. The molecular formula is C12H13F2NO2. The van der Waals surface area contributed by atoms with Gasteiger partial charge in [-0.05, 0) is 25.3 Å². The average Bonchev–Trinajstić information content (AvgIpc) is 2.22. The van der Waals surface area contributed by atoms with Crippen molar-refractivity contribution in [3.8, 4) is 0 Å². The van der Waals surface area contributed by atoms with E-state index in [0.717, 1.165) is 12.5 Å². The van der Waals surface area contributed by atoms with E-state index in [2.05, 4.69) is 5.32 Å². The van der Waals surface area contributed by atoms with Crippen LogP contribution in [0.3, 0.4) is 0 Å². The van der Waals surface area contributed by atoms with Crippen LogP contribution in [0.25, 0.3) is 0 Å². The maximum absolute atomic E-state index is 13.3. The van der Waals surface area contributed by atoms with Crippen LogP contribution < -0.4 is 5.32 Å². The van der Waals surface area contributed by atoms with Gasteiger partial charge in [0.25, 0.3) is 0 Å². The SMILES string of the molecule is O=C(O)C1(NCc2cccc(F)c2F)CCC1. The van der Waals surface area contributed by atoms with Crippen LogP contribution in [0, 0.1) is 11.6 Å². The summed E-state index contributed by atoms with van der Waals surface area (Å²) in [5.74, 6) is -2.76. The Morgan fingerprint density at radius 3 is 2.65 bits per heavy atom. The second-order valence-electron chi connectivity index (χ2n) is 4.31. The smallest absolute Gasteiger partial charge is 0.323 e. The number of hydrogen-bond donors (Lipinski definition) is 2. The molecule has 0 unspecified atom stereocenters. The van der Waals surface area contributed by atoms with Crippen molar-refractivity contribution in [2.45, 2.75) is 31.3 Å². The summed E-state index contributed by atoms with van der Waals surface area (Å²) >= 11 is 0. The molecule has 2 N–H and O–H groups in total. The molecule has 0 atom stereocenters. The third-order valence-corrected chi connectivity index (χ3v) is 3.27. The van der Waals surface area contributed by atoms with Gasteiger partial charge in [0.15, 0.2) is 11.6 Å². The number of carbonyl (C=O) groups is 1. The van der Waals surface area contributed by atoms with E-state index >= 15 is 0 Å². The van der Waals surface area contributed by atoms with E-state index < -0.39 is 23.1 Å². The highest BCUT2D eigenvalue weighted by Crippen LogP contribution is 2.32. The van der Waals surface area contributed by atoms with Gasteiger partial charge in [-0.3, -0.25) is 10.1 Å². The van der Waals surface area contributed by atoms with E-state index in [1.54, 1.807) is 0 Å². The number of halogens is 2. The molecule has 0 saturated heterocycles. The van der Waals surface area contributed by atoms with Gasteiger partial charge in [0.05, 0.1) is 0 Å². The van der Waals surface area contributed by atoms with Gasteiger partial charge in [-0.1, -0.05) is 12.1 Å². The number of hydrogen-bond acceptors (Lipinski definition) is 2. The minimum Gasteiger partial charge on any atom is -0.480 e. The van der Waals surface area contributed by atoms with Gasteiger partial charge in [-0.25, -0.2) is 8.78 Å². The first kappa shape index (κ1) is 12.0. The lowest BCUT2D eigenvalue weighted by Gasteiger charge is -2.38. The highest BCUT2D eigenvalue weighted by molar-refractivity contribution is 5.79. The van der Waals surface area contributed by atoms with Gasteiger partial charge in [-0.2, -0.15) is 0 Å². The second kappa shape index (κ2) is 4.41. The zero-order chi connectivity index (χ0) is 12.5. The normalized spacial score (nSPS) is 17.5. The molecule has 0 heterocycles. The molecule has 0 amide bonds. The van der Waals surface area contributed by atoms with Crippen molar-refractivity contribution in [2.75, 3.05) is 0 Å². The van der Waals surface area contributed by atoms with E-state index in [-0.39, 0.29) is 12.1 Å². The van der Waals surface area contributed by atoms with Crippen molar-refractivity contribution in [1.82, 2.24) is 5.32 Å². The third kappa shape index (κ3) is 2.15. The Hall–Kier alpha value is -1.49. The van der Waals surface area contributed by atoms with E-state index in [1.165, 1.54) is 12.1 Å². The minimum absolute atomic E-state index is 0.0237. The lowest BCUT2D eigenvalue weighted by Crippen LogP contribution is -2.56. The van der Waals surface area contributed by atoms with Crippen molar-refractivity contribution in [3.05, 3.63) is 35.4 Å². The molecule has 5 heteroatoms. The van der Waals surface area contributed by atoms with Crippen LogP contribution in [-0.4, -0.2) is 16.6 Å². The summed E-state index contributed by atoms with van der Waals surface area (Å²) in [6.45, 7) is 0.0237. The standard InChI is InChI=1S/C12H13F2NO2/c13-9-4-1-3-8(10(9)14)7-15-12(11(16)17)5-2-6-12/h1,3-4,15H,2,5-7H2,(H,16,17). The maximum atomic E-state index is 13.3. The largest absolute Gasteiger partial charge is 0.480 e. The highest BCUT2D eigenvalue weighted by Gasteiger charge is 2.43. The summed E-state index contributed by atoms with van der Waals surface area (Å²) in [6, 6.07) is 3.89. The van der Waals surface area contributed by atoms with Crippen LogP contribution in [0.15, 0.2) is 18.2 Å². The number of aliphatic carboxylic acids is 1. The second-order valence-corrected chi connectivity index (χ2v) is 4.31. The fraction of sp³-hybridized carbons (Fsp3) is 0.417. The van der Waals surface area contributed by atoms with Gasteiger partial charge in [0, 0.05) is 12.1 Å². The van der Waals surface area contributed by atoms with Crippen LogP contribution in [0.1, 0.15) is 24.8 Å². The first-order valence-corrected chi connectivity index (χ1v) is 5.46. The van der Waals surface area contributed by atoms with Gasteiger partial charge >= 0.3 is 5.97 Å². The Labute approximate surface area is 97.5 Å². The van der Waals surface area contributed by atoms with E-state index in [4.69, 9.17) is 5.11 Å². The first-order valence-electron chi connectivity index (χ1n) is 5.46. The van der Waals surface area contributed by atoms with Crippen molar-refractivity contribution in [1.29, 1.82) is 0 Å². The summed E-state index contributed by atoms with van der Waals surface area (Å²) in [6.07, 6.45) is 1.89. The molecular weight excluding hydrogens is 228 g/mol. The van der Waals surface area contributed by atoms with Crippen LogP contribution in [0.2, 0.25) is 0 Å². The molecule has 2 rings (SSSR count).